The highest BCUT2D eigenvalue weighted by atomic mass is 19.4. The van der Waals surface area contributed by atoms with Crippen LogP contribution in [0.25, 0.3) is 0 Å². The summed E-state index contributed by atoms with van der Waals surface area (Å²) in [6.45, 7) is -1.46. The van der Waals surface area contributed by atoms with Gasteiger partial charge in [0.25, 0.3) is 11.8 Å². The van der Waals surface area contributed by atoms with Gasteiger partial charge in [-0.15, -0.1) is 0 Å². The van der Waals surface area contributed by atoms with Crippen molar-refractivity contribution in [2.45, 2.75) is 12.1 Å². The van der Waals surface area contributed by atoms with Crippen molar-refractivity contribution in [2.75, 3.05) is 18.8 Å². The van der Waals surface area contributed by atoms with Crippen LogP contribution in [0.5, 0.6) is 0 Å². The van der Waals surface area contributed by atoms with Crippen molar-refractivity contribution in [3.05, 3.63) is 29.3 Å². The van der Waals surface area contributed by atoms with Crippen LogP contribution in [0.15, 0.2) is 18.2 Å². The van der Waals surface area contributed by atoms with Crippen LogP contribution in [0.3, 0.4) is 0 Å². The molecular formula is C11H9F5N2O. The molecule has 104 valence electrons. The molecule has 1 fully saturated rings. The fourth-order valence-corrected chi connectivity index (χ4v) is 1.79. The fraction of sp³-hybridized carbons (Fsp3) is 0.364. The number of benzene rings is 1. The van der Waals surface area contributed by atoms with Gasteiger partial charge < -0.3 is 10.6 Å². The molecule has 0 spiro atoms. The van der Waals surface area contributed by atoms with Crippen molar-refractivity contribution >= 4 is 11.6 Å². The predicted molar refractivity (Wildman–Crippen MR) is 56.7 cm³/mol. The van der Waals surface area contributed by atoms with Crippen molar-refractivity contribution in [3.63, 3.8) is 0 Å². The van der Waals surface area contributed by atoms with Crippen LogP contribution in [0.1, 0.15) is 15.9 Å². The zero-order chi connectivity index (χ0) is 14.4. The first kappa shape index (κ1) is 13.6. The second-order valence-corrected chi connectivity index (χ2v) is 4.32. The van der Waals surface area contributed by atoms with Crippen molar-refractivity contribution in [3.8, 4) is 0 Å². The Morgan fingerprint density at radius 2 is 1.84 bits per heavy atom. The number of carbonyl (C=O) groups excluding carboxylic acids is 1. The van der Waals surface area contributed by atoms with Crippen LogP contribution in [0, 0.1) is 0 Å². The number of hydrogen-bond acceptors (Lipinski definition) is 2. The number of alkyl halides is 5. The van der Waals surface area contributed by atoms with Gasteiger partial charge in [-0.25, -0.2) is 8.78 Å². The van der Waals surface area contributed by atoms with Gasteiger partial charge in [0, 0.05) is 11.3 Å². The number of likely N-dealkylation sites (tertiary alicyclic amines) is 1. The third-order valence-corrected chi connectivity index (χ3v) is 2.74. The Morgan fingerprint density at radius 1 is 1.26 bits per heavy atom. The quantitative estimate of drug-likeness (QED) is 0.634. The first-order valence-corrected chi connectivity index (χ1v) is 5.24. The topological polar surface area (TPSA) is 46.3 Å². The maximum atomic E-state index is 12.6. The van der Waals surface area contributed by atoms with E-state index in [0.29, 0.717) is 6.07 Å². The normalized spacial score (nSPS) is 18.1. The highest BCUT2D eigenvalue weighted by Crippen LogP contribution is 2.34. The number of carbonyl (C=O) groups is 1. The fourth-order valence-electron chi connectivity index (χ4n) is 1.79. The average Bonchev–Trinajstić information content (AvgIpc) is 2.22. The van der Waals surface area contributed by atoms with E-state index in [4.69, 9.17) is 5.73 Å². The predicted octanol–water partition coefficient (Wildman–Crippen LogP) is 2.38. The molecule has 8 heteroatoms. The molecule has 1 amide bonds. The van der Waals surface area contributed by atoms with E-state index in [-0.39, 0.29) is 5.56 Å². The number of anilines is 1. The van der Waals surface area contributed by atoms with Crippen LogP contribution >= 0.6 is 0 Å². The SMILES string of the molecule is Nc1cc(C(=O)N2CC(F)(F)C2)ccc1C(F)(F)F. The molecule has 0 radical (unpaired) electrons. The first-order valence-electron chi connectivity index (χ1n) is 5.24. The Labute approximate surface area is 104 Å². The Bertz CT molecular complexity index is 518. The van der Waals surface area contributed by atoms with Crippen LogP contribution in [0.2, 0.25) is 0 Å². The molecule has 0 atom stereocenters. The van der Waals surface area contributed by atoms with Gasteiger partial charge in [-0.3, -0.25) is 4.79 Å². The highest BCUT2D eigenvalue weighted by molar-refractivity contribution is 5.96. The molecule has 3 nitrogen and oxygen atoms in total. The minimum Gasteiger partial charge on any atom is -0.398 e. The molecule has 0 aliphatic carbocycles. The van der Waals surface area contributed by atoms with Crippen LogP contribution in [-0.4, -0.2) is 29.8 Å². The van der Waals surface area contributed by atoms with Gasteiger partial charge >= 0.3 is 6.18 Å². The number of nitrogens with two attached hydrogens (primary N) is 1. The smallest absolute Gasteiger partial charge is 0.398 e. The van der Waals surface area contributed by atoms with E-state index in [0.717, 1.165) is 17.0 Å². The summed E-state index contributed by atoms with van der Waals surface area (Å²) >= 11 is 0. The largest absolute Gasteiger partial charge is 0.418 e. The number of hydrogen-bond donors (Lipinski definition) is 1. The molecule has 0 bridgehead atoms. The lowest BCUT2D eigenvalue weighted by Crippen LogP contribution is -2.58. The summed E-state index contributed by atoms with van der Waals surface area (Å²) < 4.78 is 62.5. The molecular weight excluding hydrogens is 271 g/mol. The van der Waals surface area contributed by atoms with E-state index >= 15 is 0 Å². The van der Waals surface area contributed by atoms with Gasteiger partial charge in [0.1, 0.15) is 0 Å². The Hall–Kier alpha value is -1.86. The van der Waals surface area contributed by atoms with Crippen molar-refractivity contribution in [1.82, 2.24) is 4.90 Å². The van der Waals surface area contributed by atoms with Crippen LogP contribution < -0.4 is 5.73 Å². The lowest BCUT2D eigenvalue weighted by atomic mass is 10.0. The molecule has 2 rings (SSSR count). The monoisotopic (exact) mass is 280 g/mol. The molecule has 1 saturated heterocycles. The summed E-state index contributed by atoms with van der Waals surface area (Å²) in [5.41, 5.74) is 3.42. The molecule has 1 aromatic rings. The van der Waals surface area contributed by atoms with E-state index in [9.17, 15) is 26.7 Å². The third-order valence-electron chi connectivity index (χ3n) is 2.74. The van der Waals surface area contributed by atoms with Crippen molar-refractivity contribution in [2.24, 2.45) is 0 Å². The second kappa shape index (κ2) is 4.07. The standard InChI is InChI=1S/C11H9F5N2O/c12-10(13)4-18(5-10)9(19)6-1-2-7(8(17)3-6)11(14,15)16/h1-3H,4-5,17H2. The molecule has 0 saturated carbocycles. The average molecular weight is 280 g/mol. The molecule has 1 aromatic carbocycles. The molecule has 0 unspecified atom stereocenters. The maximum Gasteiger partial charge on any atom is 0.418 e. The molecule has 2 N–H and O–H groups in total. The van der Waals surface area contributed by atoms with Gasteiger partial charge in [0.15, 0.2) is 0 Å². The van der Waals surface area contributed by atoms with E-state index in [2.05, 4.69) is 0 Å². The molecule has 1 aliphatic heterocycles. The third kappa shape index (κ3) is 2.61. The highest BCUT2D eigenvalue weighted by Gasteiger charge is 2.46. The van der Waals surface area contributed by atoms with Gasteiger partial charge in [-0.2, -0.15) is 13.2 Å². The second-order valence-electron chi connectivity index (χ2n) is 4.32. The molecule has 0 aromatic heterocycles. The zero-order valence-corrected chi connectivity index (χ0v) is 9.47. The number of amides is 1. The maximum absolute atomic E-state index is 12.6. The molecule has 1 aliphatic rings. The Morgan fingerprint density at radius 3 is 2.26 bits per heavy atom. The van der Waals surface area contributed by atoms with Crippen molar-refractivity contribution < 1.29 is 26.7 Å². The summed E-state index contributed by atoms with van der Waals surface area (Å²) in [6, 6.07) is 2.44. The number of rotatable bonds is 1. The van der Waals surface area contributed by atoms with E-state index < -0.39 is 42.3 Å². The van der Waals surface area contributed by atoms with Crippen molar-refractivity contribution in [1.29, 1.82) is 0 Å². The molecule has 1 heterocycles. The lowest BCUT2D eigenvalue weighted by molar-refractivity contribution is -0.136. The summed E-state index contributed by atoms with van der Waals surface area (Å²) in [7, 11) is 0. The van der Waals surface area contributed by atoms with Gasteiger partial charge in [-0.1, -0.05) is 0 Å². The number of nitrogens with zero attached hydrogens (tertiary/aromatic N) is 1. The summed E-state index contributed by atoms with van der Waals surface area (Å²) in [5.74, 6) is -3.68. The van der Waals surface area contributed by atoms with E-state index in [1.807, 2.05) is 0 Å². The Kier molecular flexibility index (Phi) is 2.91. The van der Waals surface area contributed by atoms with Crippen LogP contribution in [0.4, 0.5) is 27.6 Å². The van der Waals surface area contributed by atoms with Crippen LogP contribution in [-0.2, 0) is 6.18 Å². The van der Waals surface area contributed by atoms with E-state index in [1.54, 1.807) is 0 Å². The molecule has 19 heavy (non-hydrogen) atoms. The van der Waals surface area contributed by atoms with E-state index in [1.165, 1.54) is 0 Å². The summed E-state index contributed by atoms with van der Waals surface area (Å²) in [4.78, 5) is 12.5. The summed E-state index contributed by atoms with van der Waals surface area (Å²) in [5, 5.41) is 0. The lowest BCUT2D eigenvalue weighted by Gasteiger charge is -2.38. The number of halogens is 5. The Balaban J connectivity index is 2.19. The minimum absolute atomic E-state index is 0.138. The zero-order valence-electron chi connectivity index (χ0n) is 9.47. The summed E-state index contributed by atoms with van der Waals surface area (Å²) in [6.07, 6.45) is -4.62. The first-order chi connectivity index (χ1) is 8.60. The minimum atomic E-state index is -4.62. The van der Waals surface area contributed by atoms with Gasteiger partial charge in [-0.05, 0) is 18.2 Å². The van der Waals surface area contributed by atoms with Gasteiger partial charge in [0.2, 0.25) is 0 Å². The van der Waals surface area contributed by atoms with Gasteiger partial charge in [0.05, 0.1) is 18.7 Å². The number of nitrogen functional groups attached to an aromatic ring is 1.